The molecule has 2 rings (SSSR count). The number of carbonyl (C=O) groups is 1. The first kappa shape index (κ1) is 16.8. The van der Waals surface area contributed by atoms with Crippen LogP contribution in [0.15, 0.2) is 18.2 Å². The van der Waals surface area contributed by atoms with Gasteiger partial charge in [0, 0.05) is 18.6 Å². The van der Waals surface area contributed by atoms with E-state index in [4.69, 9.17) is 9.47 Å². The summed E-state index contributed by atoms with van der Waals surface area (Å²) in [4.78, 5) is 13.7. The molecule has 1 aromatic rings. The zero-order chi connectivity index (χ0) is 15.9. The van der Waals surface area contributed by atoms with Gasteiger partial charge in [0.25, 0.3) is 0 Å². The highest BCUT2D eigenvalue weighted by atomic mass is 16.5. The summed E-state index contributed by atoms with van der Waals surface area (Å²) in [6, 6.07) is 6.67. The topological polar surface area (TPSA) is 38.8 Å². The molecule has 4 nitrogen and oxygen atoms in total. The molecule has 1 heterocycles. The van der Waals surface area contributed by atoms with Crippen molar-refractivity contribution in [2.75, 3.05) is 20.3 Å². The molecule has 0 spiro atoms. The van der Waals surface area contributed by atoms with Crippen molar-refractivity contribution in [1.82, 2.24) is 4.90 Å². The molecule has 1 aliphatic heterocycles. The molecule has 1 fully saturated rings. The fourth-order valence-corrected chi connectivity index (χ4v) is 3.28. The van der Waals surface area contributed by atoms with Gasteiger partial charge in [0.15, 0.2) is 17.8 Å². The van der Waals surface area contributed by atoms with Gasteiger partial charge >= 0.3 is 0 Å². The smallest absolute Gasteiger partial charge is 0.171 e. The summed E-state index contributed by atoms with van der Waals surface area (Å²) in [5, 5.41) is 0. The number of aldehydes is 1. The first-order chi connectivity index (χ1) is 10.7. The monoisotopic (exact) mass is 305 g/mol. The zero-order valence-electron chi connectivity index (χ0n) is 13.9. The van der Waals surface area contributed by atoms with Gasteiger partial charge in [-0.25, -0.2) is 0 Å². The Kier molecular flexibility index (Phi) is 6.25. The van der Waals surface area contributed by atoms with E-state index in [9.17, 15) is 4.79 Å². The number of likely N-dealkylation sites (tertiary alicyclic amines) is 1. The summed E-state index contributed by atoms with van der Waals surface area (Å²) in [5.41, 5.74) is 0.541. The first-order valence-corrected chi connectivity index (χ1v) is 8.18. The Morgan fingerprint density at radius 3 is 2.64 bits per heavy atom. The highest BCUT2D eigenvalue weighted by Crippen LogP contribution is 2.30. The van der Waals surface area contributed by atoms with Crippen molar-refractivity contribution >= 4 is 6.29 Å². The fraction of sp³-hybridized carbons (Fsp3) is 0.611. The fourth-order valence-electron chi connectivity index (χ4n) is 3.28. The zero-order valence-corrected chi connectivity index (χ0v) is 13.9. The maximum atomic E-state index is 11.1. The number of carbonyl (C=O) groups excluding carboxylic acids is 1. The molecule has 0 aliphatic carbocycles. The number of piperidine rings is 1. The highest BCUT2D eigenvalue weighted by Gasteiger charge is 2.23. The summed E-state index contributed by atoms with van der Waals surface area (Å²) < 4.78 is 11.1. The van der Waals surface area contributed by atoms with Crippen molar-refractivity contribution in [2.24, 2.45) is 0 Å². The van der Waals surface area contributed by atoms with Crippen molar-refractivity contribution in [3.8, 4) is 11.5 Å². The molecular weight excluding hydrogens is 278 g/mol. The van der Waals surface area contributed by atoms with Crippen LogP contribution in [0.4, 0.5) is 0 Å². The number of hydrogen-bond acceptors (Lipinski definition) is 4. The van der Waals surface area contributed by atoms with Crippen LogP contribution in [0.5, 0.6) is 11.5 Å². The van der Waals surface area contributed by atoms with E-state index in [0.717, 1.165) is 19.3 Å². The molecule has 0 amide bonds. The minimum atomic E-state index is 0.541. The van der Waals surface area contributed by atoms with Crippen molar-refractivity contribution in [2.45, 2.75) is 51.6 Å². The Bertz CT molecular complexity index is 479. The molecule has 0 N–H and O–H groups in total. The molecule has 4 heteroatoms. The van der Waals surface area contributed by atoms with Crippen molar-refractivity contribution in [3.05, 3.63) is 23.8 Å². The second-order valence-electron chi connectivity index (χ2n) is 6.07. The molecule has 1 aliphatic rings. The standard InChI is InChI=1S/C18H27NO3/c1-14-7-4-8-15(2)19(14)11-6-12-22-18-16(13-20)9-5-10-17(18)21-3/h5,9-10,13-15H,4,6-8,11-12H2,1-3H3/t14-,15+. The van der Waals surface area contributed by atoms with Gasteiger partial charge in [0.1, 0.15) is 0 Å². The normalized spacial score (nSPS) is 22.3. The van der Waals surface area contributed by atoms with Crippen LogP contribution in [0.3, 0.4) is 0 Å². The lowest BCUT2D eigenvalue weighted by molar-refractivity contribution is 0.0957. The Balaban J connectivity index is 1.87. The molecule has 0 unspecified atom stereocenters. The average Bonchev–Trinajstić information content (AvgIpc) is 2.53. The van der Waals surface area contributed by atoms with Crippen LogP contribution in [0.1, 0.15) is 49.9 Å². The molecule has 0 aromatic heterocycles. The molecule has 1 aromatic carbocycles. The van der Waals surface area contributed by atoms with Gasteiger partial charge in [-0.15, -0.1) is 0 Å². The van der Waals surface area contributed by atoms with E-state index in [1.54, 1.807) is 19.2 Å². The summed E-state index contributed by atoms with van der Waals surface area (Å²) in [6.07, 6.45) is 5.66. The Morgan fingerprint density at radius 2 is 2.00 bits per heavy atom. The van der Waals surface area contributed by atoms with Crippen molar-refractivity contribution in [3.63, 3.8) is 0 Å². The third-order valence-corrected chi connectivity index (χ3v) is 4.54. The predicted molar refractivity (Wildman–Crippen MR) is 88.0 cm³/mol. The minimum absolute atomic E-state index is 0.541. The van der Waals surface area contributed by atoms with Crippen LogP contribution < -0.4 is 9.47 Å². The SMILES string of the molecule is COc1cccc(C=O)c1OCCCN1[C@H](C)CCC[C@@H]1C. The largest absolute Gasteiger partial charge is 0.493 e. The number of para-hydroxylation sites is 1. The average molecular weight is 305 g/mol. The van der Waals surface area contributed by atoms with E-state index < -0.39 is 0 Å². The molecule has 0 saturated carbocycles. The molecule has 22 heavy (non-hydrogen) atoms. The van der Waals surface area contributed by atoms with Crippen LogP contribution in [-0.4, -0.2) is 43.5 Å². The van der Waals surface area contributed by atoms with Crippen LogP contribution in [-0.2, 0) is 0 Å². The number of hydrogen-bond donors (Lipinski definition) is 0. The summed E-state index contributed by atoms with van der Waals surface area (Å²) >= 11 is 0. The van der Waals surface area contributed by atoms with E-state index in [-0.39, 0.29) is 0 Å². The second kappa shape index (κ2) is 8.18. The van der Waals surface area contributed by atoms with Gasteiger partial charge in [-0.1, -0.05) is 12.5 Å². The minimum Gasteiger partial charge on any atom is -0.493 e. The van der Waals surface area contributed by atoms with E-state index in [0.29, 0.717) is 35.8 Å². The van der Waals surface area contributed by atoms with Crippen molar-refractivity contribution < 1.29 is 14.3 Å². The molecular formula is C18H27NO3. The third-order valence-electron chi connectivity index (χ3n) is 4.54. The third kappa shape index (κ3) is 4.01. The van der Waals surface area contributed by atoms with Gasteiger partial charge < -0.3 is 9.47 Å². The van der Waals surface area contributed by atoms with Crippen LogP contribution in [0, 0.1) is 0 Å². The highest BCUT2D eigenvalue weighted by molar-refractivity contribution is 5.81. The lowest BCUT2D eigenvalue weighted by Crippen LogP contribution is -2.44. The first-order valence-electron chi connectivity index (χ1n) is 8.18. The lowest BCUT2D eigenvalue weighted by atomic mass is 9.97. The quantitative estimate of drug-likeness (QED) is 0.570. The maximum absolute atomic E-state index is 11.1. The predicted octanol–water partition coefficient (Wildman–Crippen LogP) is 3.54. The van der Waals surface area contributed by atoms with Crippen LogP contribution >= 0.6 is 0 Å². The van der Waals surface area contributed by atoms with Crippen LogP contribution in [0.25, 0.3) is 0 Å². The molecule has 122 valence electrons. The summed E-state index contributed by atoms with van der Waals surface area (Å²) in [6.45, 7) is 6.24. The van der Waals surface area contributed by atoms with Gasteiger partial charge in [0.05, 0.1) is 19.3 Å². The van der Waals surface area contributed by atoms with E-state index in [1.807, 2.05) is 6.07 Å². The number of rotatable bonds is 7. The molecule has 0 bridgehead atoms. The number of nitrogens with zero attached hydrogens (tertiary/aromatic N) is 1. The molecule has 1 saturated heterocycles. The molecule has 2 atom stereocenters. The summed E-state index contributed by atoms with van der Waals surface area (Å²) in [5.74, 6) is 1.17. The second-order valence-corrected chi connectivity index (χ2v) is 6.07. The number of benzene rings is 1. The van der Waals surface area contributed by atoms with Gasteiger partial charge in [-0.3, -0.25) is 9.69 Å². The maximum Gasteiger partial charge on any atom is 0.171 e. The Hall–Kier alpha value is -1.55. The number of ether oxygens (including phenoxy) is 2. The van der Waals surface area contributed by atoms with E-state index in [1.165, 1.54) is 19.3 Å². The Morgan fingerprint density at radius 1 is 1.27 bits per heavy atom. The van der Waals surface area contributed by atoms with Crippen molar-refractivity contribution in [1.29, 1.82) is 0 Å². The molecule has 0 radical (unpaired) electrons. The lowest BCUT2D eigenvalue weighted by Gasteiger charge is -2.39. The van der Waals surface area contributed by atoms with Gasteiger partial charge in [0.2, 0.25) is 0 Å². The van der Waals surface area contributed by atoms with E-state index in [2.05, 4.69) is 18.7 Å². The van der Waals surface area contributed by atoms with Gasteiger partial charge in [-0.2, -0.15) is 0 Å². The summed E-state index contributed by atoms with van der Waals surface area (Å²) in [7, 11) is 1.59. The van der Waals surface area contributed by atoms with Gasteiger partial charge in [-0.05, 0) is 45.2 Å². The number of methoxy groups -OCH3 is 1. The van der Waals surface area contributed by atoms with Crippen LogP contribution in [0.2, 0.25) is 0 Å². The Labute approximate surface area is 133 Å². The van der Waals surface area contributed by atoms with E-state index >= 15 is 0 Å².